The average molecular weight is 402 g/mol. The van der Waals surface area contributed by atoms with Gasteiger partial charge in [0.05, 0.1) is 10.5 Å². The van der Waals surface area contributed by atoms with Gasteiger partial charge >= 0.3 is 0 Å². The molecular weight excluding hydrogens is 384 g/mol. The van der Waals surface area contributed by atoms with Gasteiger partial charge in [0.15, 0.2) is 4.67 Å². The van der Waals surface area contributed by atoms with Crippen LogP contribution >= 0.6 is 31.9 Å². The Morgan fingerprint density at radius 2 is 1.90 bits per heavy atom. The molecule has 20 heavy (non-hydrogen) atoms. The van der Waals surface area contributed by atoms with E-state index in [2.05, 4.69) is 75.0 Å². The lowest BCUT2D eigenvalue weighted by Gasteiger charge is -2.25. The highest BCUT2D eigenvalue weighted by atomic mass is 79.9. The largest absolute Gasteiger partial charge is 0.451 e. The molecular formula is C15H18Br2N2O. The van der Waals surface area contributed by atoms with Gasteiger partial charge in [-0.15, -0.1) is 0 Å². The first-order valence-electron chi connectivity index (χ1n) is 6.42. The molecule has 1 heterocycles. The smallest absolute Gasteiger partial charge is 0.183 e. The minimum Gasteiger partial charge on any atom is -0.451 e. The Labute approximate surface area is 136 Å². The SMILES string of the molecule is Cc1ccc(CN(C)C(CN)c2cc(Br)c(Br)o2)cc1. The third-order valence-corrected chi connectivity index (χ3v) is 5.01. The van der Waals surface area contributed by atoms with E-state index in [0.717, 1.165) is 16.8 Å². The van der Waals surface area contributed by atoms with Crippen molar-refractivity contribution in [1.82, 2.24) is 4.90 Å². The summed E-state index contributed by atoms with van der Waals surface area (Å²) in [5, 5.41) is 0. The van der Waals surface area contributed by atoms with Gasteiger partial charge in [-0.25, -0.2) is 0 Å². The minimum atomic E-state index is 0.0545. The molecule has 108 valence electrons. The van der Waals surface area contributed by atoms with Gasteiger partial charge < -0.3 is 10.2 Å². The molecule has 0 aliphatic carbocycles. The first-order valence-corrected chi connectivity index (χ1v) is 8.00. The number of likely N-dealkylation sites (N-methyl/N-ethyl adjacent to an activating group) is 1. The molecule has 5 heteroatoms. The van der Waals surface area contributed by atoms with Crippen LogP contribution in [0.5, 0.6) is 0 Å². The highest BCUT2D eigenvalue weighted by molar-refractivity contribution is 9.13. The number of furan rings is 1. The lowest BCUT2D eigenvalue weighted by Crippen LogP contribution is -2.29. The Balaban J connectivity index is 2.12. The maximum atomic E-state index is 5.91. The van der Waals surface area contributed by atoms with E-state index < -0.39 is 0 Å². The molecule has 1 aromatic carbocycles. The van der Waals surface area contributed by atoms with Crippen LogP contribution in [0, 0.1) is 6.92 Å². The van der Waals surface area contributed by atoms with Crippen molar-refractivity contribution in [1.29, 1.82) is 0 Å². The van der Waals surface area contributed by atoms with Gasteiger partial charge in [0.1, 0.15) is 5.76 Å². The van der Waals surface area contributed by atoms with Gasteiger partial charge in [0, 0.05) is 13.1 Å². The maximum absolute atomic E-state index is 5.91. The van der Waals surface area contributed by atoms with Crippen LogP contribution < -0.4 is 5.73 Å². The van der Waals surface area contributed by atoms with E-state index in [-0.39, 0.29) is 6.04 Å². The van der Waals surface area contributed by atoms with E-state index in [4.69, 9.17) is 10.2 Å². The summed E-state index contributed by atoms with van der Waals surface area (Å²) in [5.41, 5.74) is 8.44. The zero-order valence-electron chi connectivity index (χ0n) is 11.6. The number of hydrogen-bond donors (Lipinski definition) is 1. The number of halogens is 2. The maximum Gasteiger partial charge on any atom is 0.183 e. The summed E-state index contributed by atoms with van der Waals surface area (Å²) in [6.45, 7) is 3.43. The molecule has 0 amide bonds. The lowest BCUT2D eigenvalue weighted by atomic mass is 10.1. The molecule has 1 unspecified atom stereocenters. The topological polar surface area (TPSA) is 42.4 Å². The summed E-state index contributed by atoms with van der Waals surface area (Å²) in [4.78, 5) is 2.20. The Hall–Kier alpha value is -0.620. The molecule has 0 bridgehead atoms. The summed E-state index contributed by atoms with van der Waals surface area (Å²) >= 11 is 6.80. The molecule has 0 saturated carbocycles. The van der Waals surface area contributed by atoms with Crippen LogP contribution in [0.25, 0.3) is 0 Å². The molecule has 1 atom stereocenters. The molecule has 0 radical (unpaired) electrons. The summed E-state index contributed by atoms with van der Waals surface area (Å²) in [5.74, 6) is 0.862. The average Bonchev–Trinajstić information content (AvgIpc) is 2.73. The van der Waals surface area contributed by atoms with E-state index in [9.17, 15) is 0 Å². The van der Waals surface area contributed by atoms with Crippen molar-refractivity contribution in [3.63, 3.8) is 0 Å². The number of rotatable bonds is 5. The molecule has 2 N–H and O–H groups in total. The fourth-order valence-electron chi connectivity index (χ4n) is 2.13. The predicted octanol–water partition coefficient (Wildman–Crippen LogP) is 4.24. The quantitative estimate of drug-likeness (QED) is 0.814. The molecule has 2 aromatic rings. The van der Waals surface area contributed by atoms with Gasteiger partial charge in [0.25, 0.3) is 0 Å². The Morgan fingerprint density at radius 3 is 2.40 bits per heavy atom. The lowest BCUT2D eigenvalue weighted by molar-refractivity contribution is 0.211. The van der Waals surface area contributed by atoms with Crippen LogP contribution in [-0.4, -0.2) is 18.5 Å². The van der Waals surface area contributed by atoms with Gasteiger partial charge in [-0.05, 0) is 57.5 Å². The van der Waals surface area contributed by atoms with Crippen molar-refractivity contribution >= 4 is 31.9 Å². The monoisotopic (exact) mass is 400 g/mol. The van der Waals surface area contributed by atoms with Crippen LogP contribution in [0.15, 0.2) is 43.9 Å². The predicted molar refractivity (Wildman–Crippen MR) is 88.5 cm³/mol. The van der Waals surface area contributed by atoms with Crippen LogP contribution in [0.2, 0.25) is 0 Å². The van der Waals surface area contributed by atoms with Crippen molar-refractivity contribution < 1.29 is 4.42 Å². The van der Waals surface area contributed by atoms with Gasteiger partial charge in [0.2, 0.25) is 0 Å². The minimum absolute atomic E-state index is 0.0545. The number of benzene rings is 1. The second kappa shape index (κ2) is 6.89. The third kappa shape index (κ3) is 3.73. The Morgan fingerprint density at radius 1 is 1.25 bits per heavy atom. The van der Waals surface area contributed by atoms with Crippen LogP contribution in [0.4, 0.5) is 0 Å². The van der Waals surface area contributed by atoms with Gasteiger partial charge in [-0.3, -0.25) is 4.90 Å². The number of aryl methyl sites for hydroxylation is 1. The summed E-state index contributed by atoms with van der Waals surface area (Å²) in [7, 11) is 2.06. The molecule has 0 spiro atoms. The first kappa shape index (κ1) is 15.8. The van der Waals surface area contributed by atoms with Gasteiger partial charge in [-0.2, -0.15) is 0 Å². The standard InChI is InChI=1S/C15H18Br2N2O/c1-10-3-5-11(6-4-10)9-19(2)13(8-18)14-7-12(16)15(17)20-14/h3-7,13H,8-9,18H2,1-2H3. The van der Waals surface area contributed by atoms with Crippen molar-refractivity contribution in [2.24, 2.45) is 5.73 Å². The highest BCUT2D eigenvalue weighted by Gasteiger charge is 2.20. The van der Waals surface area contributed by atoms with Crippen LogP contribution in [-0.2, 0) is 6.54 Å². The van der Waals surface area contributed by atoms with Gasteiger partial charge in [-0.1, -0.05) is 29.8 Å². The van der Waals surface area contributed by atoms with Crippen molar-refractivity contribution in [3.05, 3.63) is 56.4 Å². The van der Waals surface area contributed by atoms with E-state index in [0.29, 0.717) is 11.2 Å². The van der Waals surface area contributed by atoms with Crippen LogP contribution in [0.3, 0.4) is 0 Å². The van der Waals surface area contributed by atoms with Crippen molar-refractivity contribution in [3.8, 4) is 0 Å². The number of nitrogens with zero attached hydrogens (tertiary/aromatic N) is 1. The van der Waals surface area contributed by atoms with Crippen molar-refractivity contribution in [2.75, 3.05) is 13.6 Å². The molecule has 0 aliphatic heterocycles. The fraction of sp³-hybridized carbons (Fsp3) is 0.333. The Bertz CT molecular complexity index is 546. The molecule has 0 saturated heterocycles. The Kier molecular flexibility index (Phi) is 5.43. The molecule has 0 fully saturated rings. The van der Waals surface area contributed by atoms with Crippen LogP contribution in [0.1, 0.15) is 22.9 Å². The van der Waals surface area contributed by atoms with E-state index in [1.165, 1.54) is 11.1 Å². The van der Waals surface area contributed by atoms with E-state index in [1.54, 1.807) is 0 Å². The summed E-state index contributed by atoms with van der Waals surface area (Å²) in [6.07, 6.45) is 0. The highest BCUT2D eigenvalue weighted by Crippen LogP contribution is 2.32. The van der Waals surface area contributed by atoms with E-state index in [1.807, 2.05) is 6.07 Å². The zero-order valence-corrected chi connectivity index (χ0v) is 14.7. The number of nitrogens with two attached hydrogens (primary N) is 1. The fourth-order valence-corrected chi connectivity index (χ4v) is 2.74. The molecule has 0 aliphatic rings. The first-order chi connectivity index (χ1) is 9.51. The summed E-state index contributed by atoms with van der Waals surface area (Å²) < 4.78 is 7.31. The van der Waals surface area contributed by atoms with Crippen molar-refractivity contribution in [2.45, 2.75) is 19.5 Å². The molecule has 2 rings (SSSR count). The third-order valence-electron chi connectivity index (χ3n) is 3.30. The second-order valence-corrected chi connectivity index (χ2v) is 6.50. The normalized spacial score (nSPS) is 12.9. The second-order valence-electron chi connectivity index (χ2n) is 4.92. The molecule has 1 aromatic heterocycles. The van der Waals surface area contributed by atoms with E-state index >= 15 is 0 Å². The number of hydrogen-bond acceptors (Lipinski definition) is 3. The summed E-state index contributed by atoms with van der Waals surface area (Å²) in [6, 6.07) is 10.6. The zero-order chi connectivity index (χ0) is 14.7. The molecule has 3 nitrogen and oxygen atoms in total.